The van der Waals surface area contributed by atoms with E-state index in [2.05, 4.69) is 0 Å². The van der Waals surface area contributed by atoms with Crippen molar-refractivity contribution >= 4 is 5.84 Å². The minimum absolute atomic E-state index is 0.0370. The maximum absolute atomic E-state index is 10.7. The van der Waals surface area contributed by atoms with Gasteiger partial charge in [-0.15, -0.1) is 0 Å². The van der Waals surface area contributed by atoms with E-state index in [0.29, 0.717) is 0 Å². The minimum Gasteiger partial charge on any atom is -0.388 e. The van der Waals surface area contributed by atoms with Crippen LogP contribution in [-0.2, 0) is 5.11 Å². The number of hydrogen-bond donors (Lipinski definition) is 2. The molecule has 0 aliphatic heterocycles. The Hall–Kier alpha value is -0.570. The first-order chi connectivity index (χ1) is 3.42. The van der Waals surface area contributed by atoms with E-state index in [-0.39, 0.29) is 12.3 Å². The van der Waals surface area contributed by atoms with Gasteiger partial charge in [0.15, 0.2) is 0 Å². The molecular weight excluding hydrogens is 104 g/mol. The average molecular weight is 115 g/mol. The van der Waals surface area contributed by atoms with Crippen LogP contribution in [-0.4, -0.2) is 11.4 Å². The van der Waals surface area contributed by atoms with Crippen LogP contribution in [0.25, 0.3) is 0 Å². The molecule has 0 spiro atoms. The fourth-order valence-corrected chi connectivity index (χ4v) is 0.459. The third kappa shape index (κ3) is 5.43. The van der Waals surface area contributed by atoms with E-state index in [4.69, 9.17) is 11.1 Å². The molecule has 0 atom stereocenters. The maximum atomic E-state index is 10.7. The fraction of sp³-hybridized carbons (Fsp3) is 0.800. The highest BCUT2D eigenvalue weighted by Crippen LogP contribution is 2.06. The van der Waals surface area contributed by atoms with Crippen LogP contribution >= 0.6 is 0 Å². The Morgan fingerprint density at radius 3 is 2.12 bits per heavy atom. The van der Waals surface area contributed by atoms with Crippen molar-refractivity contribution in [3.05, 3.63) is 0 Å². The van der Waals surface area contributed by atoms with Gasteiger partial charge >= 0.3 is 0 Å². The van der Waals surface area contributed by atoms with Crippen LogP contribution in [0.5, 0.6) is 0 Å². The van der Waals surface area contributed by atoms with Crippen LogP contribution in [0.15, 0.2) is 0 Å². The Morgan fingerprint density at radius 1 is 1.75 bits per heavy atom. The maximum Gasteiger partial charge on any atom is 0.105 e. The van der Waals surface area contributed by atoms with E-state index in [1.807, 2.05) is 0 Å². The molecule has 3 N–H and O–H groups in total. The van der Waals surface area contributed by atoms with Crippen LogP contribution in [0.4, 0.5) is 0 Å². The van der Waals surface area contributed by atoms with Crippen molar-refractivity contribution < 1.29 is 5.11 Å². The van der Waals surface area contributed by atoms with Gasteiger partial charge < -0.3 is 5.73 Å². The summed E-state index contributed by atoms with van der Waals surface area (Å²) in [7, 11) is 0. The number of amidine groups is 1. The first-order valence-electron chi connectivity index (χ1n) is 2.45. The molecule has 0 unspecified atom stereocenters. The summed E-state index contributed by atoms with van der Waals surface area (Å²) in [5.74, 6) is -0.0370. The fourth-order valence-electron chi connectivity index (χ4n) is 0.459. The molecule has 8 heavy (non-hydrogen) atoms. The molecular formula is C5H11N2O. The minimum atomic E-state index is -1.08. The van der Waals surface area contributed by atoms with E-state index in [1.54, 1.807) is 0 Å². The summed E-state index contributed by atoms with van der Waals surface area (Å²) < 4.78 is 0. The first-order valence-corrected chi connectivity index (χ1v) is 2.45. The van der Waals surface area contributed by atoms with Crippen molar-refractivity contribution in [3.8, 4) is 0 Å². The van der Waals surface area contributed by atoms with E-state index in [1.165, 1.54) is 13.8 Å². The van der Waals surface area contributed by atoms with Gasteiger partial charge in [0.05, 0.1) is 5.84 Å². The van der Waals surface area contributed by atoms with E-state index < -0.39 is 5.60 Å². The second kappa shape index (κ2) is 2.13. The molecule has 3 nitrogen and oxygen atoms in total. The van der Waals surface area contributed by atoms with Crippen molar-refractivity contribution in [1.29, 1.82) is 5.41 Å². The summed E-state index contributed by atoms with van der Waals surface area (Å²) in [5.41, 5.74) is 3.88. The van der Waals surface area contributed by atoms with Gasteiger partial charge in [-0.1, -0.05) is 0 Å². The standard InChI is InChI=1S/C5H11N2O/c1-5(2,8)3-4(6)7/h3H2,1-2H3,(H3,6,7). The molecule has 0 heterocycles. The molecule has 0 aromatic carbocycles. The second-order valence-corrected chi connectivity index (χ2v) is 2.46. The van der Waals surface area contributed by atoms with Crippen molar-refractivity contribution in [3.63, 3.8) is 0 Å². The lowest BCUT2D eigenvalue weighted by molar-refractivity contribution is 0.0107. The van der Waals surface area contributed by atoms with Crippen molar-refractivity contribution in [2.24, 2.45) is 5.73 Å². The van der Waals surface area contributed by atoms with Crippen molar-refractivity contribution in [1.82, 2.24) is 0 Å². The molecule has 3 heteroatoms. The van der Waals surface area contributed by atoms with Crippen LogP contribution < -0.4 is 5.73 Å². The summed E-state index contributed by atoms with van der Waals surface area (Å²) in [6.07, 6.45) is 0.132. The molecule has 47 valence electrons. The molecule has 0 saturated heterocycles. The van der Waals surface area contributed by atoms with Gasteiger partial charge in [-0.2, -0.15) is 0 Å². The van der Waals surface area contributed by atoms with E-state index >= 15 is 0 Å². The predicted molar refractivity (Wildman–Crippen MR) is 31.3 cm³/mol. The molecule has 0 bridgehead atoms. The van der Waals surface area contributed by atoms with Gasteiger partial charge in [0, 0.05) is 6.42 Å². The third-order valence-electron chi connectivity index (χ3n) is 0.616. The Kier molecular flexibility index (Phi) is 1.98. The summed E-state index contributed by atoms with van der Waals surface area (Å²) in [4.78, 5) is 0. The Balaban J connectivity index is 3.55. The lowest BCUT2D eigenvalue weighted by atomic mass is 10.1. The van der Waals surface area contributed by atoms with Crippen molar-refractivity contribution in [2.75, 3.05) is 0 Å². The molecule has 0 saturated carbocycles. The van der Waals surface area contributed by atoms with Crippen molar-refractivity contribution in [2.45, 2.75) is 25.9 Å². The SMILES string of the molecule is CC(C)([O])CC(=N)N. The first kappa shape index (κ1) is 7.43. The quantitative estimate of drug-likeness (QED) is 0.399. The molecule has 0 amide bonds. The van der Waals surface area contributed by atoms with Crippen LogP contribution in [0.2, 0.25) is 0 Å². The largest absolute Gasteiger partial charge is 0.388 e. The second-order valence-electron chi connectivity index (χ2n) is 2.46. The zero-order valence-corrected chi connectivity index (χ0v) is 5.19. The molecule has 0 rings (SSSR count). The van der Waals surface area contributed by atoms with Gasteiger partial charge in [0.1, 0.15) is 5.60 Å². The number of hydrogen-bond acceptors (Lipinski definition) is 1. The lowest BCUT2D eigenvalue weighted by Crippen LogP contribution is -2.25. The molecule has 1 radical (unpaired) electrons. The normalized spacial score (nSPS) is 11.4. The van der Waals surface area contributed by atoms with Gasteiger partial charge in [-0.25, -0.2) is 5.11 Å². The topological polar surface area (TPSA) is 69.8 Å². The van der Waals surface area contributed by atoms with Gasteiger partial charge in [0.25, 0.3) is 0 Å². The smallest absolute Gasteiger partial charge is 0.105 e. The third-order valence-corrected chi connectivity index (χ3v) is 0.616. The highest BCUT2D eigenvalue weighted by atomic mass is 16.3. The number of nitrogens with two attached hydrogens (primary N) is 1. The Morgan fingerprint density at radius 2 is 2.12 bits per heavy atom. The van der Waals surface area contributed by atoms with E-state index in [0.717, 1.165) is 0 Å². The van der Waals surface area contributed by atoms with Gasteiger partial charge in [0.2, 0.25) is 0 Å². The van der Waals surface area contributed by atoms with Crippen LogP contribution in [0.1, 0.15) is 20.3 Å². The number of nitrogens with one attached hydrogen (secondary N) is 1. The highest BCUT2D eigenvalue weighted by Gasteiger charge is 2.15. The Bertz CT molecular complexity index is 93.1. The predicted octanol–water partition coefficient (Wildman–Crippen LogP) is 0.522. The van der Waals surface area contributed by atoms with Gasteiger partial charge in [-0.05, 0) is 13.8 Å². The van der Waals surface area contributed by atoms with Crippen LogP contribution in [0.3, 0.4) is 0 Å². The van der Waals surface area contributed by atoms with Crippen LogP contribution in [0, 0.1) is 5.41 Å². The number of rotatable bonds is 2. The highest BCUT2D eigenvalue weighted by molar-refractivity contribution is 5.77. The summed E-state index contributed by atoms with van der Waals surface area (Å²) in [5, 5.41) is 17.4. The Labute approximate surface area is 49.0 Å². The molecule has 0 aromatic heterocycles. The van der Waals surface area contributed by atoms with Gasteiger partial charge in [-0.3, -0.25) is 5.41 Å². The summed E-state index contributed by atoms with van der Waals surface area (Å²) in [6, 6.07) is 0. The molecule has 0 aliphatic rings. The summed E-state index contributed by atoms with van der Waals surface area (Å²) >= 11 is 0. The monoisotopic (exact) mass is 115 g/mol. The molecule has 0 fully saturated rings. The average Bonchev–Trinajstić information content (AvgIpc) is 1.21. The summed E-state index contributed by atoms with van der Waals surface area (Å²) in [6.45, 7) is 3.02. The van der Waals surface area contributed by atoms with E-state index in [9.17, 15) is 5.11 Å². The molecule has 0 aromatic rings. The lowest BCUT2D eigenvalue weighted by Gasteiger charge is -2.11. The zero-order chi connectivity index (χ0) is 6.78. The zero-order valence-electron chi connectivity index (χ0n) is 5.19. The molecule has 0 aliphatic carbocycles.